The van der Waals surface area contributed by atoms with Crippen LogP contribution in [0.2, 0.25) is 0 Å². The van der Waals surface area contributed by atoms with Gasteiger partial charge in [-0.2, -0.15) is 0 Å². The van der Waals surface area contributed by atoms with Gasteiger partial charge in [0.1, 0.15) is 12.2 Å². The normalized spacial score (nSPS) is 8.15. The van der Waals surface area contributed by atoms with Gasteiger partial charge < -0.3 is 10.2 Å². The van der Waals surface area contributed by atoms with Crippen molar-refractivity contribution in [2.24, 2.45) is 0 Å². The fourth-order valence-electron chi connectivity index (χ4n) is 0.536. The van der Waals surface area contributed by atoms with E-state index in [1.54, 1.807) is 0 Å². The predicted octanol–water partition coefficient (Wildman–Crippen LogP) is 0.921. The van der Waals surface area contributed by atoms with E-state index in [0.29, 0.717) is 6.42 Å². The van der Waals surface area contributed by atoms with Gasteiger partial charge in [0.15, 0.2) is 0 Å². The van der Waals surface area contributed by atoms with Gasteiger partial charge >= 0.3 is 5.97 Å². The lowest BCUT2D eigenvalue weighted by Crippen LogP contribution is -2.05. The number of hydrogen-bond acceptors (Lipinski definition) is 3. The topological polar surface area (TPSA) is 91.7 Å². The van der Waals surface area contributed by atoms with E-state index in [2.05, 4.69) is 0 Å². The van der Waals surface area contributed by atoms with Crippen LogP contribution in [0.3, 0.4) is 0 Å². The molecule has 0 aliphatic carbocycles. The summed E-state index contributed by atoms with van der Waals surface area (Å²) in [5.41, 5.74) is 0. The van der Waals surface area contributed by atoms with Gasteiger partial charge in [-0.1, -0.05) is 6.92 Å². The molecule has 0 amide bonds. The number of hydrogen-bond donors (Lipinski definition) is 2. The summed E-state index contributed by atoms with van der Waals surface area (Å²) in [5, 5.41) is 15.5. The molecule has 5 nitrogen and oxygen atoms in total. The Morgan fingerprint density at radius 3 is 1.77 bits per heavy atom. The first-order valence-corrected chi connectivity index (χ1v) is 3.83. The third-order valence-electron chi connectivity index (χ3n) is 0.877. The zero-order chi connectivity index (χ0) is 10.9. The molecule has 13 heavy (non-hydrogen) atoms. The highest BCUT2D eigenvalue weighted by molar-refractivity contribution is 5.94. The summed E-state index contributed by atoms with van der Waals surface area (Å²) in [7, 11) is 0. The molecule has 0 saturated carbocycles. The zero-order valence-corrected chi connectivity index (χ0v) is 7.74. The van der Waals surface area contributed by atoms with Crippen LogP contribution in [0.25, 0.3) is 0 Å². The molecule has 0 rings (SSSR count). The summed E-state index contributed by atoms with van der Waals surface area (Å²) in [4.78, 5) is 29.3. The van der Waals surface area contributed by atoms with Gasteiger partial charge in [0, 0.05) is 13.3 Å². The van der Waals surface area contributed by atoms with E-state index in [0.717, 1.165) is 13.3 Å². The molecule has 0 spiro atoms. The molecule has 0 aromatic heterocycles. The van der Waals surface area contributed by atoms with E-state index in [-0.39, 0.29) is 12.2 Å². The van der Waals surface area contributed by atoms with Crippen LogP contribution >= 0.6 is 0 Å². The fraction of sp³-hybridized carbons (Fsp3) is 0.625. The van der Waals surface area contributed by atoms with E-state index < -0.39 is 11.9 Å². The standard InChI is InChI=1S/C6H10O3.C2H4O2/c1-2-3-5(7)4-6(8)9;1-2(3)4/h2-4H2,1H3,(H,8,9);1H3,(H,3,4). The number of ketones is 1. The highest BCUT2D eigenvalue weighted by Gasteiger charge is 2.04. The fourth-order valence-corrected chi connectivity index (χ4v) is 0.536. The summed E-state index contributed by atoms with van der Waals surface area (Å²) < 4.78 is 0. The number of carboxylic acids is 2. The number of carboxylic acid groups (broad SMARTS) is 2. The Hall–Kier alpha value is -1.39. The molecule has 0 aromatic rings. The lowest BCUT2D eigenvalue weighted by molar-refractivity contribution is -0.140. The monoisotopic (exact) mass is 190 g/mol. The summed E-state index contributed by atoms with van der Waals surface area (Å²) in [6.45, 7) is 2.93. The molecule has 76 valence electrons. The maximum Gasteiger partial charge on any atom is 0.310 e. The molecule has 2 N–H and O–H groups in total. The van der Waals surface area contributed by atoms with E-state index >= 15 is 0 Å². The van der Waals surface area contributed by atoms with Crippen molar-refractivity contribution in [1.29, 1.82) is 0 Å². The first-order valence-electron chi connectivity index (χ1n) is 3.83. The Labute approximate surface area is 76.4 Å². The van der Waals surface area contributed by atoms with Crippen molar-refractivity contribution in [2.45, 2.75) is 33.1 Å². The summed E-state index contributed by atoms with van der Waals surface area (Å²) in [5.74, 6) is -2.06. The maximum atomic E-state index is 10.5. The van der Waals surface area contributed by atoms with E-state index in [9.17, 15) is 9.59 Å². The van der Waals surface area contributed by atoms with Crippen LogP contribution in [-0.4, -0.2) is 27.9 Å². The Morgan fingerprint density at radius 1 is 1.15 bits per heavy atom. The summed E-state index contributed by atoms with van der Waals surface area (Å²) >= 11 is 0. The molecule has 0 fully saturated rings. The van der Waals surface area contributed by atoms with Crippen LogP contribution in [0.1, 0.15) is 33.1 Å². The molecule has 0 atom stereocenters. The van der Waals surface area contributed by atoms with Crippen LogP contribution in [-0.2, 0) is 14.4 Å². The first-order chi connectivity index (χ1) is 5.90. The van der Waals surface area contributed by atoms with Crippen molar-refractivity contribution >= 4 is 17.7 Å². The average Bonchev–Trinajstić information content (AvgIpc) is 1.83. The molecule has 0 saturated heterocycles. The molecule has 0 aliphatic heterocycles. The van der Waals surface area contributed by atoms with Crippen LogP contribution < -0.4 is 0 Å². The smallest absolute Gasteiger partial charge is 0.310 e. The SMILES string of the molecule is CC(=O)O.CCCC(=O)CC(=O)O. The number of rotatable bonds is 4. The summed E-state index contributed by atoms with van der Waals surface area (Å²) in [6.07, 6.45) is 0.784. The lowest BCUT2D eigenvalue weighted by atomic mass is 10.2. The molecule has 0 heterocycles. The Balaban J connectivity index is 0. The molecule has 0 bridgehead atoms. The van der Waals surface area contributed by atoms with E-state index in [1.807, 2.05) is 6.92 Å². The second-order valence-corrected chi connectivity index (χ2v) is 2.38. The first kappa shape index (κ1) is 14.2. The summed E-state index contributed by atoms with van der Waals surface area (Å²) in [6, 6.07) is 0. The zero-order valence-electron chi connectivity index (χ0n) is 7.74. The minimum absolute atomic E-state index is 0.190. The van der Waals surface area contributed by atoms with Gasteiger partial charge in [-0.25, -0.2) is 0 Å². The molecule has 5 heteroatoms. The number of Topliss-reactive ketones (excluding diaryl/α,β-unsaturated/α-hetero) is 1. The van der Waals surface area contributed by atoms with Gasteiger partial charge in [-0.3, -0.25) is 14.4 Å². The number of carbonyl (C=O) groups is 3. The van der Waals surface area contributed by atoms with Gasteiger partial charge in [-0.15, -0.1) is 0 Å². The predicted molar refractivity (Wildman–Crippen MR) is 45.5 cm³/mol. The molecule has 0 radical (unpaired) electrons. The van der Waals surface area contributed by atoms with Gasteiger partial charge in [0.25, 0.3) is 5.97 Å². The third kappa shape index (κ3) is 25.0. The van der Waals surface area contributed by atoms with Crippen molar-refractivity contribution in [3.05, 3.63) is 0 Å². The minimum Gasteiger partial charge on any atom is -0.481 e. The minimum atomic E-state index is -1.03. The van der Waals surface area contributed by atoms with E-state index in [4.69, 9.17) is 15.0 Å². The second kappa shape index (κ2) is 8.70. The highest BCUT2D eigenvalue weighted by Crippen LogP contribution is 1.92. The Morgan fingerprint density at radius 2 is 1.54 bits per heavy atom. The molecular weight excluding hydrogens is 176 g/mol. The van der Waals surface area contributed by atoms with Crippen LogP contribution in [0, 0.1) is 0 Å². The van der Waals surface area contributed by atoms with E-state index in [1.165, 1.54) is 0 Å². The van der Waals surface area contributed by atoms with Gasteiger partial charge in [0.2, 0.25) is 0 Å². The van der Waals surface area contributed by atoms with Crippen molar-refractivity contribution in [3.8, 4) is 0 Å². The second-order valence-electron chi connectivity index (χ2n) is 2.38. The van der Waals surface area contributed by atoms with Crippen LogP contribution in [0.15, 0.2) is 0 Å². The van der Waals surface area contributed by atoms with Crippen molar-refractivity contribution < 1.29 is 24.6 Å². The van der Waals surface area contributed by atoms with Gasteiger partial charge in [0.05, 0.1) is 0 Å². The van der Waals surface area contributed by atoms with Gasteiger partial charge in [-0.05, 0) is 6.42 Å². The Kier molecular flexibility index (Phi) is 9.48. The Bertz CT molecular complexity index is 181. The van der Waals surface area contributed by atoms with Crippen molar-refractivity contribution in [3.63, 3.8) is 0 Å². The maximum absolute atomic E-state index is 10.5. The average molecular weight is 190 g/mol. The van der Waals surface area contributed by atoms with Crippen LogP contribution in [0.4, 0.5) is 0 Å². The largest absolute Gasteiger partial charge is 0.481 e. The number of aliphatic carboxylic acids is 2. The van der Waals surface area contributed by atoms with Crippen molar-refractivity contribution in [2.75, 3.05) is 0 Å². The molecule has 0 aliphatic rings. The lowest BCUT2D eigenvalue weighted by Gasteiger charge is -1.90. The molecular formula is C8H14O5. The van der Waals surface area contributed by atoms with Crippen molar-refractivity contribution in [1.82, 2.24) is 0 Å². The quantitative estimate of drug-likeness (QED) is 0.643. The molecule has 0 unspecified atom stereocenters. The third-order valence-corrected chi connectivity index (χ3v) is 0.877. The molecule has 0 aromatic carbocycles. The van der Waals surface area contributed by atoms with Crippen LogP contribution in [0.5, 0.6) is 0 Å². The highest BCUT2D eigenvalue weighted by atomic mass is 16.4. The number of carbonyl (C=O) groups excluding carboxylic acids is 1.